The van der Waals surface area contributed by atoms with Crippen molar-refractivity contribution in [2.24, 2.45) is 0 Å². The first kappa shape index (κ1) is 21.5. The number of carbonyl (C=O) groups is 1. The molecule has 1 heterocycles. The van der Waals surface area contributed by atoms with E-state index in [4.69, 9.17) is 25.8 Å². The fourth-order valence-electron chi connectivity index (χ4n) is 3.14. The van der Waals surface area contributed by atoms with E-state index in [2.05, 4.69) is 5.10 Å². The van der Waals surface area contributed by atoms with Crippen LogP contribution in [0, 0.1) is 0 Å². The standard InChI is InChI=1S/C25H21ClN2O4/c1-2-30-25(29)32-24-16-23(28(27-24)21-12-7-11-20(26)15-21)19-10-6-13-22(14-19)31-17-18-8-4-3-5-9-18/h3-16H,2,17H2,1H3. The zero-order valence-corrected chi connectivity index (χ0v) is 18.2. The SMILES string of the molecule is CCOC(=O)Oc1cc(-c2cccc(OCc3ccccc3)c2)n(-c2cccc(Cl)c2)n1. The van der Waals surface area contributed by atoms with Crippen LogP contribution in [0.1, 0.15) is 12.5 Å². The molecule has 162 valence electrons. The molecular formula is C25H21ClN2O4. The van der Waals surface area contributed by atoms with Gasteiger partial charge in [-0.1, -0.05) is 60.1 Å². The topological polar surface area (TPSA) is 62.6 Å². The van der Waals surface area contributed by atoms with Crippen LogP contribution >= 0.6 is 11.6 Å². The van der Waals surface area contributed by atoms with E-state index in [1.54, 1.807) is 29.8 Å². The maximum absolute atomic E-state index is 11.8. The maximum Gasteiger partial charge on any atom is 0.515 e. The predicted molar refractivity (Wildman–Crippen MR) is 122 cm³/mol. The number of nitrogens with zero attached hydrogens (tertiary/aromatic N) is 2. The van der Waals surface area contributed by atoms with E-state index in [0.29, 0.717) is 23.1 Å². The number of benzene rings is 3. The summed E-state index contributed by atoms with van der Waals surface area (Å²) >= 11 is 6.18. The minimum Gasteiger partial charge on any atom is -0.489 e. The van der Waals surface area contributed by atoms with Crippen LogP contribution in [0.15, 0.2) is 84.9 Å². The normalized spacial score (nSPS) is 10.6. The van der Waals surface area contributed by atoms with Gasteiger partial charge in [0.1, 0.15) is 12.4 Å². The second kappa shape index (κ2) is 10.0. The Bertz CT molecular complexity index is 1210. The Kier molecular flexibility index (Phi) is 6.72. The van der Waals surface area contributed by atoms with Crippen molar-refractivity contribution in [2.45, 2.75) is 13.5 Å². The molecule has 0 atom stereocenters. The van der Waals surface area contributed by atoms with Crippen molar-refractivity contribution in [3.05, 3.63) is 95.5 Å². The van der Waals surface area contributed by atoms with Crippen molar-refractivity contribution >= 4 is 17.8 Å². The molecule has 0 N–H and O–H groups in total. The Morgan fingerprint density at radius 2 is 1.78 bits per heavy atom. The van der Waals surface area contributed by atoms with E-state index in [0.717, 1.165) is 16.8 Å². The molecule has 0 radical (unpaired) electrons. The molecule has 1 aromatic heterocycles. The number of rotatable bonds is 7. The number of aromatic nitrogens is 2. The molecular weight excluding hydrogens is 428 g/mol. The third-order valence-corrected chi connectivity index (χ3v) is 4.80. The largest absolute Gasteiger partial charge is 0.515 e. The van der Waals surface area contributed by atoms with Gasteiger partial charge in [-0.25, -0.2) is 9.48 Å². The second-order valence-electron chi connectivity index (χ2n) is 6.85. The Hall–Kier alpha value is -3.77. The summed E-state index contributed by atoms with van der Waals surface area (Å²) in [5.74, 6) is 0.826. The predicted octanol–water partition coefficient (Wildman–Crippen LogP) is 6.31. The molecule has 0 amide bonds. The first-order chi connectivity index (χ1) is 15.6. The Morgan fingerprint density at radius 3 is 2.56 bits per heavy atom. The van der Waals surface area contributed by atoms with Gasteiger partial charge in [0.2, 0.25) is 5.88 Å². The van der Waals surface area contributed by atoms with Gasteiger partial charge in [-0.05, 0) is 42.8 Å². The summed E-state index contributed by atoms with van der Waals surface area (Å²) in [5, 5.41) is 5.00. The molecule has 0 unspecified atom stereocenters. The summed E-state index contributed by atoms with van der Waals surface area (Å²) < 4.78 is 17.7. The molecule has 0 aliphatic heterocycles. The first-order valence-corrected chi connectivity index (χ1v) is 10.5. The van der Waals surface area contributed by atoms with E-state index in [1.807, 2.05) is 66.7 Å². The smallest absolute Gasteiger partial charge is 0.489 e. The lowest BCUT2D eigenvalue weighted by Gasteiger charge is -2.10. The summed E-state index contributed by atoms with van der Waals surface area (Å²) in [7, 11) is 0. The van der Waals surface area contributed by atoms with Crippen molar-refractivity contribution in [2.75, 3.05) is 6.61 Å². The highest BCUT2D eigenvalue weighted by Gasteiger charge is 2.16. The minimum absolute atomic E-state index is 0.119. The van der Waals surface area contributed by atoms with Crippen molar-refractivity contribution in [3.63, 3.8) is 0 Å². The first-order valence-electron chi connectivity index (χ1n) is 10.1. The molecule has 0 fully saturated rings. The van der Waals surface area contributed by atoms with E-state index in [9.17, 15) is 4.79 Å². The Balaban J connectivity index is 1.66. The van der Waals surface area contributed by atoms with Gasteiger partial charge in [-0.3, -0.25) is 0 Å². The van der Waals surface area contributed by atoms with Gasteiger partial charge in [0.05, 0.1) is 18.0 Å². The summed E-state index contributed by atoms with van der Waals surface area (Å²) in [5.41, 5.74) is 3.34. The average molecular weight is 449 g/mol. The van der Waals surface area contributed by atoms with E-state index in [-0.39, 0.29) is 12.5 Å². The van der Waals surface area contributed by atoms with Crippen LogP contribution in [0.3, 0.4) is 0 Å². The minimum atomic E-state index is -0.810. The number of halogens is 1. The lowest BCUT2D eigenvalue weighted by atomic mass is 10.1. The van der Waals surface area contributed by atoms with E-state index >= 15 is 0 Å². The van der Waals surface area contributed by atoms with Gasteiger partial charge < -0.3 is 14.2 Å². The maximum atomic E-state index is 11.8. The van der Waals surface area contributed by atoms with Crippen LogP contribution in [-0.2, 0) is 11.3 Å². The van der Waals surface area contributed by atoms with Crippen molar-refractivity contribution < 1.29 is 19.0 Å². The van der Waals surface area contributed by atoms with Crippen LogP contribution in [0.25, 0.3) is 16.9 Å². The molecule has 3 aromatic carbocycles. The Morgan fingerprint density at radius 1 is 0.969 bits per heavy atom. The van der Waals surface area contributed by atoms with Crippen LogP contribution in [0.2, 0.25) is 5.02 Å². The Labute approximate surface area is 190 Å². The van der Waals surface area contributed by atoms with Gasteiger partial charge in [-0.2, -0.15) is 0 Å². The highest BCUT2D eigenvalue weighted by Crippen LogP contribution is 2.30. The molecule has 0 bridgehead atoms. The quantitative estimate of drug-likeness (QED) is 0.310. The van der Waals surface area contributed by atoms with Crippen molar-refractivity contribution in [1.82, 2.24) is 9.78 Å². The fourth-order valence-corrected chi connectivity index (χ4v) is 3.32. The van der Waals surface area contributed by atoms with E-state index < -0.39 is 6.16 Å². The zero-order chi connectivity index (χ0) is 22.3. The molecule has 6 nitrogen and oxygen atoms in total. The number of hydrogen-bond donors (Lipinski definition) is 0. The molecule has 0 saturated carbocycles. The van der Waals surface area contributed by atoms with Crippen molar-refractivity contribution in [3.8, 4) is 28.6 Å². The second-order valence-corrected chi connectivity index (χ2v) is 7.28. The van der Waals surface area contributed by atoms with Gasteiger partial charge in [0, 0.05) is 16.7 Å². The van der Waals surface area contributed by atoms with Gasteiger partial charge in [0.25, 0.3) is 0 Å². The third-order valence-electron chi connectivity index (χ3n) is 4.57. The zero-order valence-electron chi connectivity index (χ0n) is 17.4. The fraction of sp³-hybridized carbons (Fsp3) is 0.120. The van der Waals surface area contributed by atoms with Crippen LogP contribution in [-0.4, -0.2) is 22.5 Å². The van der Waals surface area contributed by atoms with Gasteiger partial charge >= 0.3 is 6.16 Å². The van der Waals surface area contributed by atoms with Crippen LogP contribution in [0.5, 0.6) is 11.6 Å². The monoisotopic (exact) mass is 448 g/mol. The van der Waals surface area contributed by atoms with Gasteiger partial charge in [0.15, 0.2) is 0 Å². The summed E-state index contributed by atoms with van der Waals surface area (Å²) in [6.45, 7) is 2.37. The summed E-state index contributed by atoms with van der Waals surface area (Å²) in [6, 6.07) is 26.5. The highest BCUT2D eigenvalue weighted by atomic mass is 35.5. The lowest BCUT2D eigenvalue weighted by Crippen LogP contribution is -2.10. The molecule has 0 spiro atoms. The number of carbonyl (C=O) groups excluding carboxylic acids is 1. The van der Waals surface area contributed by atoms with E-state index in [1.165, 1.54) is 0 Å². The molecule has 0 aliphatic rings. The highest BCUT2D eigenvalue weighted by molar-refractivity contribution is 6.30. The molecule has 0 aliphatic carbocycles. The lowest BCUT2D eigenvalue weighted by molar-refractivity contribution is 0.102. The van der Waals surface area contributed by atoms with Crippen molar-refractivity contribution in [1.29, 1.82) is 0 Å². The number of ether oxygens (including phenoxy) is 3. The third kappa shape index (κ3) is 5.28. The average Bonchev–Trinajstić information content (AvgIpc) is 3.22. The summed E-state index contributed by atoms with van der Waals surface area (Å²) in [4.78, 5) is 11.8. The van der Waals surface area contributed by atoms with Crippen LogP contribution < -0.4 is 9.47 Å². The molecule has 4 aromatic rings. The molecule has 7 heteroatoms. The molecule has 32 heavy (non-hydrogen) atoms. The van der Waals surface area contributed by atoms with Gasteiger partial charge in [-0.15, -0.1) is 5.10 Å². The summed E-state index contributed by atoms with van der Waals surface area (Å²) in [6.07, 6.45) is -0.810. The van der Waals surface area contributed by atoms with Crippen LogP contribution in [0.4, 0.5) is 4.79 Å². The molecule has 4 rings (SSSR count). The molecule has 0 saturated heterocycles. The number of hydrogen-bond acceptors (Lipinski definition) is 5.